The Balaban J connectivity index is 2.36. The average molecular weight is 271 g/mol. The molecule has 0 radical (unpaired) electrons. The van der Waals surface area contributed by atoms with Gasteiger partial charge in [-0.1, -0.05) is 24.3 Å². The molecule has 0 bridgehead atoms. The van der Waals surface area contributed by atoms with Crippen molar-refractivity contribution in [3.05, 3.63) is 29.8 Å². The Hall–Kier alpha value is -1.64. The summed E-state index contributed by atoms with van der Waals surface area (Å²) in [6, 6.07) is 9.02. The number of hydrogen-bond acceptors (Lipinski definition) is 4. The third-order valence-corrected chi connectivity index (χ3v) is 4.01. The van der Waals surface area contributed by atoms with Gasteiger partial charge in [-0.25, -0.2) is 0 Å². The predicted molar refractivity (Wildman–Crippen MR) is 76.7 cm³/mol. The summed E-state index contributed by atoms with van der Waals surface area (Å²) in [5.41, 5.74) is 0.269. The molecule has 0 aromatic heterocycles. The van der Waals surface area contributed by atoms with Crippen molar-refractivity contribution >= 4 is 18.4 Å². The maximum absolute atomic E-state index is 12.0. The van der Waals surface area contributed by atoms with Crippen LogP contribution in [-0.4, -0.2) is 24.1 Å². The molecule has 0 spiro atoms. The van der Waals surface area contributed by atoms with Crippen LogP contribution in [0.1, 0.15) is 44.5 Å². The van der Waals surface area contributed by atoms with Gasteiger partial charge < -0.3 is 9.31 Å². The van der Waals surface area contributed by atoms with Gasteiger partial charge in [0, 0.05) is 5.56 Å². The van der Waals surface area contributed by atoms with Gasteiger partial charge in [-0.3, -0.25) is 4.79 Å². The van der Waals surface area contributed by atoms with E-state index in [1.54, 1.807) is 12.1 Å². The van der Waals surface area contributed by atoms with Crippen LogP contribution in [-0.2, 0) is 9.31 Å². The Bertz CT molecular complexity index is 559. The lowest BCUT2D eigenvalue weighted by molar-refractivity contribution is 0.00578. The lowest BCUT2D eigenvalue weighted by Gasteiger charge is -2.32. The third kappa shape index (κ3) is 2.49. The molecule has 4 nitrogen and oxygen atoms in total. The van der Waals surface area contributed by atoms with Crippen LogP contribution in [0.4, 0.5) is 0 Å². The molecule has 1 fully saturated rings. The van der Waals surface area contributed by atoms with E-state index in [0.717, 1.165) is 0 Å². The molecule has 5 heteroatoms. The molecule has 0 aliphatic carbocycles. The molecule has 1 saturated heterocycles. The van der Waals surface area contributed by atoms with Crippen molar-refractivity contribution in [1.29, 1.82) is 5.26 Å². The molecular formula is C15H18BNO3. The van der Waals surface area contributed by atoms with Crippen molar-refractivity contribution in [2.45, 2.75) is 45.3 Å². The van der Waals surface area contributed by atoms with E-state index < -0.39 is 18.3 Å². The van der Waals surface area contributed by atoms with Crippen molar-refractivity contribution in [2.24, 2.45) is 0 Å². The maximum Gasteiger partial charge on any atom is 0.495 e. The Morgan fingerprint density at radius 3 is 2.30 bits per heavy atom. The van der Waals surface area contributed by atoms with Gasteiger partial charge in [-0.2, -0.15) is 5.26 Å². The summed E-state index contributed by atoms with van der Waals surface area (Å²) >= 11 is 0. The second-order valence-corrected chi connectivity index (χ2v) is 5.93. The van der Waals surface area contributed by atoms with E-state index in [9.17, 15) is 4.79 Å². The average Bonchev–Trinajstić information content (AvgIpc) is 2.59. The fourth-order valence-electron chi connectivity index (χ4n) is 2.09. The fourth-order valence-corrected chi connectivity index (χ4v) is 2.09. The zero-order valence-electron chi connectivity index (χ0n) is 12.3. The Morgan fingerprint density at radius 2 is 1.75 bits per heavy atom. The zero-order chi connectivity index (χ0) is 15.0. The van der Waals surface area contributed by atoms with Crippen LogP contribution < -0.4 is 5.46 Å². The van der Waals surface area contributed by atoms with Crippen LogP contribution in [0.15, 0.2) is 24.3 Å². The van der Waals surface area contributed by atoms with Crippen LogP contribution >= 0.6 is 0 Å². The number of nitrogens with zero attached hydrogens (tertiary/aromatic N) is 1. The van der Waals surface area contributed by atoms with Crippen LogP contribution in [0.2, 0.25) is 0 Å². The fraction of sp³-hybridized carbons (Fsp3) is 0.467. The number of benzene rings is 1. The highest BCUT2D eigenvalue weighted by Crippen LogP contribution is 2.36. The molecule has 1 aliphatic rings. The Morgan fingerprint density at radius 1 is 1.20 bits per heavy atom. The third-order valence-electron chi connectivity index (χ3n) is 4.01. The molecule has 0 saturated carbocycles. The summed E-state index contributed by atoms with van der Waals surface area (Å²) in [5.74, 6) is -0.210. The monoisotopic (exact) mass is 271 g/mol. The number of ketones is 1. The first kappa shape index (κ1) is 14.8. The van der Waals surface area contributed by atoms with E-state index in [-0.39, 0.29) is 12.2 Å². The van der Waals surface area contributed by atoms with E-state index in [1.165, 1.54) is 0 Å². The first-order valence-corrected chi connectivity index (χ1v) is 6.63. The minimum Gasteiger partial charge on any atom is -0.399 e. The molecule has 1 aromatic carbocycles. The molecule has 0 amide bonds. The molecule has 104 valence electrons. The normalized spacial score (nSPS) is 19.6. The number of rotatable bonds is 3. The van der Waals surface area contributed by atoms with Crippen LogP contribution in [0.5, 0.6) is 0 Å². The van der Waals surface area contributed by atoms with Crippen molar-refractivity contribution in [3.8, 4) is 6.07 Å². The first-order valence-electron chi connectivity index (χ1n) is 6.63. The lowest BCUT2D eigenvalue weighted by Crippen LogP contribution is -2.41. The molecule has 2 rings (SSSR count). The predicted octanol–water partition coefficient (Wildman–Crippen LogP) is 2.08. The van der Waals surface area contributed by atoms with Gasteiger partial charge in [0.25, 0.3) is 0 Å². The van der Waals surface area contributed by atoms with Crippen molar-refractivity contribution in [2.75, 3.05) is 0 Å². The van der Waals surface area contributed by atoms with Gasteiger partial charge in [-0.05, 0) is 33.2 Å². The number of hydrogen-bond donors (Lipinski definition) is 0. The van der Waals surface area contributed by atoms with E-state index in [2.05, 4.69) is 0 Å². The summed E-state index contributed by atoms with van der Waals surface area (Å²) in [7, 11) is -0.584. The number of carbonyl (C=O) groups is 1. The van der Waals surface area contributed by atoms with Crippen molar-refractivity contribution < 1.29 is 14.1 Å². The Kier molecular flexibility index (Phi) is 3.72. The zero-order valence-corrected chi connectivity index (χ0v) is 12.3. The second-order valence-electron chi connectivity index (χ2n) is 5.93. The van der Waals surface area contributed by atoms with Crippen molar-refractivity contribution in [1.82, 2.24) is 0 Å². The van der Waals surface area contributed by atoms with Gasteiger partial charge >= 0.3 is 7.12 Å². The minimum atomic E-state index is -0.584. The van der Waals surface area contributed by atoms with E-state index in [0.29, 0.717) is 11.0 Å². The summed E-state index contributed by atoms with van der Waals surface area (Å²) < 4.78 is 11.9. The quantitative estimate of drug-likeness (QED) is 0.623. The molecule has 0 N–H and O–H groups in total. The van der Waals surface area contributed by atoms with Crippen LogP contribution in [0, 0.1) is 11.3 Å². The van der Waals surface area contributed by atoms with Gasteiger partial charge in [0.15, 0.2) is 5.78 Å². The van der Waals surface area contributed by atoms with E-state index >= 15 is 0 Å². The molecule has 1 aromatic rings. The number of nitriles is 1. The molecule has 0 atom stereocenters. The van der Waals surface area contributed by atoms with Gasteiger partial charge in [-0.15, -0.1) is 0 Å². The van der Waals surface area contributed by atoms with Gasteiger partial charge in [0.2, 0.25) is 0 Å². The largest absolute Gasteiger partial charge is 0.495 e. The highest BCUT2D eigenvalue weighted by molar-refractivity contribution is 6.63. The highest BCUT2D eigenvalue weighted by Gasteiger charge is 2.52. The first-order chi connectivity index (χ1) is 9.28. The SMILES string of the molecule is CC1(C)OB(c2ccccc2C(=O)CC#N)OC1(C)C. The van der Waals surface area contributed by atoms with Gasteiger partial charge in [0.05, 0.1) is 23.7 Å². The van der Waals surface area contributed by atoms with Crippen LogP contribution in [0.3, 0.4) is 0 Å². The Labute approximate surface area is 119 Å². The van der Waals surface area contributed by atoms with E-state index in [1.807, 2.05) is 45.9 Å². The summed E-state index contributed by atoms with van der Waals surface area (Å²) in [5, 5.41) is 8.69. The molecular weight excluding hydrogens is 253 g/mol. The summed E-state index contributed by atoms with van der Waals surface area (Å²) in [6.07, 6.45) is -0.142. The van der Waals surface area contributed by atoms with Crippen LogP contribution in [0.25, 0.3) is 0 Å². The van der Waals surface area contributed by atoms with Crippen molar-refractivity contribution in [3.63, 3.8) is 0 Å². The maximum atomic E-state index is 12.0. The minimum absolute atomic E-state index is 0.142. The molecule has 20 heavy (non-hydrogen) atoms. The molecule has 0 unspecified atom stereocenters. The smallest absolute Gasteiger partial charge is 0.399 e. The second kappa shape index (κ2) is 5.04. The molecule has 1 aliphatic heterocycles. The highest BCUT2D eigenvalue weighted by atomic mass is 16.7. The standard InChI is InChI=1S/C15H18BNO3/c1-14(2)15(3,4)20-16(19-14)12-8-6-5-7-11(12)13(18)9-10-17/h5-8H,9H2,1-4H3. The summed E-state index contributed by atoms with van der Waals surface area (Å²) in [4.78, 5) is 12.0. The number of Topliss-reactive ketones (excluding diaryl/α,β-unsaturated/α-hetero) is 1. The lowest BCUT2D eigenvalue weighted by atomic mass is 9.75. The summed E-state index contributed by atoms with van der Waals surface area (Å²) in [6.45, 7) is 7.86. The molecule has 1 heterocycles. The number of carbonyl (C=O) groups excluding carboxylic acids is 1. The van der Waals surface area contributed by atoms with E-state index in [4.69, 9.17) is 14.6 Å². The van der Waals surface area contributed by atoms with Gasteiger partial charge in [0.1, 0.15) is 0 Å². The topological polar surface area (TPSA) is 59.3 Å².